The molecule has 0 aliphatic heterocycles. The molecule has 3 rings (SSSR count). The molecule has 6 heteroatoms. The van der Waals surface area contributed by atoms with Gasteiger partial charge in [0, 0.05) is 15.6 Å². The van der Waals surface area contributed by atoms with E-state index in [4.69, 9.17) is 5.21 Å². The Morgan fingerprint density at radius 2 is 2.10 bits per heavy atom. The zero-order valence-electron chi connectivity index (χ0n) is 10.2. The fourth-order valence-electron chi connectivity index (χ4n) is 1.99. The smallest absolute Gasteiger partial charge is 0.274 e. The Kier molecular flexibility index (Phi) is 3.25. The molecule has 3 aromatic rings. The highest BCUT2D eigenvalue weighted by atomic mass is 79.9. The number of rotatable bonds is 2. The number of halogens is 1. The van der Waals surface area contributed by atoms with Crippen molar-refractivity contribution in [3.8, 4) is 11.4 Å². The van der Waals surface area contributed by atoms with Crippen LogP contribution in [0.5, 0.6) is 0 Å². The minimum Gasteiger partial charge on any atom is -0.338 e. The summed E-state index contributed by atoms with van der Waals surface area (Å²) in [4.78, 5) is 19.0. The molecular weight excluding hydrogens is 322 g/mol. The van der Waals surface area contributed by atoms with Crippen LogP contribution in [0.2, 0.25) is 0 Å². The lowest BCUT2D eigenvalue weighted by Gasteiger charge is -1.97. The second-order valence-electron chi connectivity index (χ2n) is 4.27. The third kappa shape index (κ3) is 2.31. The maximum Gasteiger partial charge on any atom is 0.274 e. The van der Waals surface area contributed by atoms with Gasteiger partial charge in [-0.15, -0.1) is 0 Å². The highest BCUT2D eigenvalue weighted by molar-refractivity contribution is 9.10. The predicted molar refractivity (Wildman–Crippen MR) is 78.5 cm³/mol. The summed E-state index contributed by atoms with van der Waals surface area (Å²) < 4.78 is 0.968. The highest BCUT2D eigenvalue weighted by Gasteiger charge is 2.09. The van der Waals surface area contributed by atoms with Gasteiger partial charge in [-0.3, -0.25) is 10.0 Å². The van der Waals surface area contributed by atoms with Gasteiger partial charge < -0.3 is 4.98 Å². The number of hydrogen-bond acceptors (Lipinski definition) is 3. The molecule has 0 unspecified atom stereocenters. The lowest BCUT2D eigenvalue weighted by molar-refractivity contribution is 0.0706. The van der Waals surface area contributed by atoms with Crippen molar-refractivity contribution in [2.75, 3.05) is 0 Å². The third-order valence-corrected chi connectivity index (χ3v) is 3.44. The summed E-state index contributed by atoms with van der Waals surface area (Å²) in [6.45, 7) is 0. The van der Waals surface area contributed by atoms with Crippen LogP contribution in [0, 0.1) is 0 Å². The monoisotopic (exact) mass is 331 g/mol. The van der Waals surface area contributed by atoms with Gasteiger partial charge in [0.2, 0.25) is 0 Å². The van der Waals surface area contributed by atoms with E-state index < -0.39 is 5.91 Å². The Hall–Kier alpha value is -2.18. The van der Waals surface area contributed by atoms with Crippen molar-refractivity contribution >= 4 is 32.9 Å². The number of fused-ring (bicyclic) bond motifs is 1. The van der Waals surface area contributed by atoms with E-state index in [1.54, 1.807) is 23.7 Å². The van der Waals surface area contributed by atoms with Crippen LogP contribution in [0.15, 0.2) is 46.9 Å². The van der Waals surface area contributed by atoms with Gasteiger partial charge in [0.05, 0.1) is 11.0 Å². The van der Waals surface area contributed by atoms with Crippen LogP contribution in [0.4, 0.5) is 0 Å². The normalized spacial score (nSPS) is 10.7. The zero-order chi connectivity index (χ0) is 14.1. The van der Waals surface area contributed by atoms with Gasteiger partial charge in [0.15, 0.2) is 0 Å². The SMILES string of the molecule is O=C(NO)c1ccc2nc(-c3cccc(Br)c3)[nH]c2c1. The van der Waals surface area contributed by atoms with E-state index in [2.05, 4.69) is 25.9 Å². The van der Waals surface area contributed by atoms with Crippen LogP contribution in [0.1, 0.15) is 10.4 Å². The number of carbonyl (C=O) groups is 1. The van der Waals surface area contributed by atoms with Crippen LogP contribution in [-0.4, -0.2) is 21.1 Å². The molecule has 3 N–H and O–H groups in total. The van der Waals surface area contributed by atoms with E-state index in [9.17, 15) is 4.79 Å². The van der Waals surface area contributed by atoms with Crippen LogP contribution >= 0.6 is 15.9 Å². The molecule has 0 radical (unpaired) electrons. The topological polar surface area (TPSA) is 78.0 Å². The molecular formula is C14H10BrN3O2. The highest BCUT2D eigenvalue weighted by Crippen LogP contribution is 2.23. The molecule has 2 aromatic carbocycles. The van der Waals surface area contributed by atoms with E-state index in [0.717, 1.165) is 26.9 Å². The molecule has 1 aromatic heterocycles. The van der Waals surface area contributed by atoms with E-state index in [0.29, 0.717) is 5.56 Å². The zero-order valence-corrected chi connectivity index (χ0v) is 11.8. The summed E-state index contributed by atoms with van der Waals surface area (Å²) >= 11 is 3.42. The summed E-state index contributed by atoms with van der Waals surface area (Å²) in [5.41, 5.74) is 4.42. The lowest BCUT2D eigenvalue weighted by Crippen LogP contribution is -2.18. The fourth-order valence-corrected chi connectivity index (χ4v) is 2.39. The second-order valence-corrected chi connectivity index (χ2v) is 5.18. The Bertz CT molecular complexity index is 798. The molecule has 5 nitrogen and oxygen atoms in total. The number of H-pyrrole nitrogens is 1. The standard InChI is InChI=1S/C14H10BrN3O2/c15-10-3-1-2-8(6-10)13-16-11-5-4-9(14(19)18-20)7-12(11)17-13/h1-7,20H,(H,16,17)(H,18,19). The molecule has 20 heavy (non-hydrogen) atoms. The minimum atomic E-state index is -0.550. The molecule has 0 aliphatic rings. The van der Waals surface area contributed by atoms with Crippen molar-refractivity contribution in [2.45, 2.75) is 0 Å². The number of nitrogens with one attached hydrogen (secondary N) is 2. The summed E-state index contributed by atoms with van der Waals surface area (Å²) in [6.07, 6.45) is 0. The average Bonchev–Trinajstić information content (AvgIpc) is 2.89. The van der Waals surface area contributed by atoms with Crippen molar-refractivity contribution in [3.05, 3.63) is 52.5 Å². The molecule has 0 saturated heterocycles. The van der Waals surface area contributed by atoms with E-state index in [1.165, 1.54) is 0 Å². The summed E-state index contributed by atoms with van der Waals surface area (Å²) in [5.74, 6) is 0.174. The van der Waals surface area contributed by atoms with Gasteiger partial charge in [-0.1, -0.05) is 28.1 Å². The van der Waals surface area contributed by atoms with Gasteiger partial charge in [-0.25, -0.2) is 10.5 Å². The maximum atomic E-state index is 11.4. The molecule has 1 amide bonds. The number of benzene rings is 2. The van der Waals surface area contributed by atoms with Crippen LogP contribution in [-0.2, 0) is 0 Å². The van der Waals surface area contributed by atoms with Crippen molar-refractivity contribution in [3.63, 3.8) is 0 Å². The second kappa shape index (κ2) is 5.07. The van der Waals surface area contributed by atoms with Crippen LogP contribution in [0.3, 0.4) is 0 Å². The molecule has 0 atom stereocenters. The number of nitrogens with zero attached hydrogens (tertiary/aromatic N) is 1. The van der Waals surface area contributed by atoms with E-state index in [1.807, 2.05) is 24.3 Å². The van der Waals surface area contributed by atoms with Gasteiger partial charge in [-0.05, 0) is 30.3 Å². The van der Waals surface area contributed by atoms with Gasteiger partial charge >= 0.3 is 0 Å². The Morgan fingerprint density at radius 1 is 1.25 bits per heavy atom. The molecule has 0 saturated carbocycles. The van der Waals surface area contributed by atoms with E-state index >= 15 is 0 Å². The summed E-state index contributed by atoms with van der Waals surface area (Å²) in [7, 11) is 0. The fraction of sp³-hybridized carbons (Fsp3) is 0. The van der Waals surface area contributed by atoms with Crippen molar-refractivity contribution < 1.29 is 10.0 Å². The lowest BCUT2D eigenvalue weighted by atomic mass is 10.2. The number of carbonyl (C=O) groups excluding carboxylic acids is 1. The van der Waals surface area contributed by atoms with Crippen molar-refractivity contribution in [1.82, 2.24) is 15.4 Å². The first-order chi connectivity index (χ1) is 9.67. The van der Waals surface area contributed by atoms with Crippen LogP contribution < -0.4 is 5.48 Å². The van der Waals surface area contributed by atoms with Gasteiger partial charge in [0.25, 0.3) is 5.91 Å². The quantitative estimate of drug-likeness (QED) is 0.498. The van der Waals surface area contributed by atoms with Gasteiger partial charge in [-0.2, -0.15) is 0 Å². The van der Waals surface area contributed by atoms with Crippen molar-refractivity contribution in [1.29, 1.82) is 0 Å². The first kappa shape index (κ1) is 12.8. The summed E-state index contributed by atoms with van der Waals surface area (Å²) in [5, 5.41) is 8.64. The van der Waals surface area contributed by atoms with Gasteiger partial charge in [0.1, 0.15) is 5.82 Å². The molecule has 1 heterocycles. The number of hydrogen-bond donors (Lipinski definition) is 3. The Morgan fingerprint density at radius 3 is 2.85 bits per heavy atom. The number of aromatic nitrogens is 2. The molecule has 0 bridgehead atoms. The summed E-state index contributed by atoms with van der Waals surface area (Å²) in [6, 6.07) is 12.8. The molecule has 0 spiro atoms. The molecule has 0 fully saturated rings. The molecule has 100 valence electrons. The Balaban J connectivity index is 2.09. The minimum absolute atomic E-state index is 0.365. The first-order valence-corrected chi connectivity index (χ1v) is 6.67. The Labute approximate surface area is 122 Å². The maximum absolute atomic E-state index is 11.4. The number of hydroxylamine groups is 1. The predicted octanol–water partition coefficient (Wildman–Crippen LogP) is 3.11. The average molecular weight is 332 g/mol. The largest absolute Gasteiger partial charge is 0.338 e. The number of aromatic amines is 1. The van der Waals surface area contributed by atoms with E-state index in [-0.39, 0.29) is 0 Å². The van der Waals surface area contributed by atoms with Crippen molar-refractivity contribution in [2.24, 2.45) is 0 Å². The third-order valence-electron chi connectivity index (χ3n) is 2.94. The first-order valence-electron chi connectivity index (χ1n) is 5.87. The van der Waals surface area contributed by atoms with Crippen LogP contribution in [0.25, 0.3) is 22.4 Å². The number of imidazole rings is 1. The molecule has 0 aliphatic carbocycles. The number of amides is 1.